The number of aromatic nitrogens is 4. The predicted molar refractivity (Wildman–Crippen MR) is 60.2 cm³/mol. The molecule has 1 N–H and O–H groups in total. The lowest BCUT2D eigenvalue weighted by Gasteiger charge is -1.99. The summed E-state index contributed by atoms with van der Waals surface area (Å²) in [7, 11) is 1.56. The minimum Gasteiger partial charge on any atom is -0.354 e. The first kappa shape index (κ1) is 10.7. The Hall–Kier alpha value is -1.76. The number of nitrogens with one attached hydrogen (secondary N) is 1. The van der Waals surface area contributed by atoms with Crippen LogP contribution in [0.1, 0.15) is 10.5 Å². The van der Waals surface area contributed by atoms with Crippen LogP contribution in [0.3, 0.4) is 0 Å². The molecule has 2 aromatic rings. The van der Waals surface area contributed by atoms with Gasteiger partial charge in [0.15, 0.2) is 11.5 Å². The molecule has 0 fully saturated rings. The molecule has 0 unspecified atom stereocenters. The van der Waals surface area contributed by atoms with Crippen molar-refractivity contribution in [2.75, 3.05) is 7.05 Å². The van der Waals surface area contributed by atoms with Crippen molar-refractivity contribution in [2.45, 2.75) is 0 Å². The van der Waals surface area contributed by atoms with Gasteiger partial charge in [-0.1, -0.05) is 0 Å². The zero-order valence-corrected chi connectivity index (χ0v) is 9.97. The van der Waals surface area contributed by atoms with Gasteiger partial charge in [-0.3, -0.25) is 4.79 Å². The lowest BCUT2D eigenvalue weighted by molar-refractivity contribution is 0.0957. The summed E-state index contributed by atoms with van der Waals surface area (Å²) in [5.41, 5.74) is 0.345. The summed E-state index contributed by atoms with van der Waals surface area (Å²) in [4.78, 5) is 19.2. The third kappa shape index (κ3) is 2.08. The summed E-state index contributed by atoms with van der Waals surface area (Å²) in [5.74, 6) is 0.365. The maximum Gasteiger partial charge on any atom is 0.271 e. The average Bonchev–Trinajstić information content (AvgIpc) is 2.77. The van der Waals surface area contributed by atoms with E-state index in [1.54, 1.807) is 25.4 Å². The number of rotatable bonds is 2. The van der Waals surface area contributed by atoms with Crippen LogP contribution in [0.4, 0.5) is 0 Å². The highest BCUT2D eigenvalue weighted by Gasteiger charge is 2.08. The van der Waals surface area contributed by atoms with Crippen LogP contribution in [-0.4, -0.2) is 32.7 Å². The second-order valence-electron chi connectivity index (χ2n) is 2.92. The molecule has 2 rings (SSSR count). The third-order valence-electron chi connectivity index (χ3n) is 1.90. The van der Waals surface area contributed by atoms with Crippen LogP contribution in [0, 0.1) is 0 Å². The Labute approximate surface area is 99.8 Å². The van der Waals surface area contributed by atoms with Crippen LogP contribution in [0.2, 0.25) is 0 Å². The Kier molecular flexibility index (Phi) is 2.95. The number of nitrogens with zero attached hydrogens (tertiary/aromatic N) is 4. The quantitative estimate of drug-likeness (QED) is 0.826. The first-order valence-electron chi connectivity index (χ1n) is 4.46. The summed E-state index contributed by atoms with van der Waals surface area (Å²) >= 11 is 3.24. The molecule has 0 atom stereocenters. The summed E-state index contributed by atoms with van der Waals surface area (Å²) < 4.78 is 2.17. The van der Waals surface area contributed by atoms with Crippen molar-refractivity contribution in [3.05, 3.63) is 35.0 Å². The fourth-order valence-corrected chi connectivity index (χ4v) is 1.45. The standard InChI is InChI=1S/C9H8BrN5O/c1-11-9(16)6-2-3-15(14-6)8-4-7(10)12-5-13-8/h2-5H,1H3,(H,11,16). The van der Waals surface area contributed by atoms with Gasteiger partial charge in [-0.2, -0.15) is 5.10 Å². The molecular weight excluding hydrogens is 274 g/mol. The smallest absolute Gasteiger partial charge is 0.271 e. The molecular formula is C9H8BrN5O. The molecule has 82 valence electrons. The summed E-state index contributed by atoms with van der Waals surface area (Å²) in [6.45, 7) is 0. The second-order valence-corrected chi connectivity index (χ2v) is 3.74. The minimum atomic E-state index is -0.230. The zero-order valence-electron chi connectivity index (χ0n) is 8.38. The third-order valence-corrected chi connectivity index (χ3v) is 2.34. The molecule has 6 nitrogen and oxygen atoms in total. The zero-order chi connectivity index (χ0) is 11.5. The van der Waals surface area contributed by atoms with Crippen LogP contribution in [0.15, 0.2) is 29.3 Å². The summed E-state index contributed by atoms with van der Waals surface area (Å²) in [6.07, 6.45) is 3.08. The van der Waals surface area contributed by atoms with Gasteiger partial charge in [-0.05, 0) is 22.0 Å². The Morgan fingerprint density at radius 1 is 1.50 bits per heavy atom. The molecule has 0 spiro atoms. The van der Waals surface area contributed by atoms with Crippen molar-refractivity contribution >= 4 is 21.8 Å². The van der Waals surface area contributed by atoms with Crippen molar-refractivity contribution in [1.82, 2.24) is 25.1 Å². The van der Waals surface area contributed by atoms with Gasteiger partial charge in [-0.25, -0.2) is 14.6 Å². The van der Waals surface area contributed by atoms with Crippen molar-refractivity contribution in [3.8, 4) is 5.82 Å². The molecule has 16 heavy (non-hydrogen) atoms. The molecule has 0 aliphatic carbocycles. The van der Waals surface area contributed by atoms with Crippen molar-refractivity contribution in [3.63, 3.8) is 0 Å². The fraction of sp³-hybridized carbons (Fsp3) is 0.111. The first-order valence-corrected chi connectivity index (χ1v) is 5.25. The minimum absolute atomic E-state index is 0.230. The van der Waals surface area contributed by atoms with Gasteiger partial charge in [0.2, 0.25) is 0 Å². The molecule has 0 saturated carbocycles. The SMILES string of the molecule is CNC(=O)c1ccn(-c2cc(Br)ncn2)n1. The van der Waals surface area contributed by atoms with E-state index in [9.17, 15) is 4.79 Å². The van der Waals surface area contributed by atoms with Crippen LogP contribution in [0.5, 0.6) is 0 Å². The topological polar surface area (TPSA) is 72.7 Å². The maximum absolute atomic E-state index is 11.3. The maximum atomic E-state index is 11.3. The number of amides is 1. The number of hydrogen-bond acceptors (Lipinski definition) is 4. The molecule has 2 aromatic heterocycles. The Morgan fingerprint density at radius 2 is 2.31 bits per heavy atom. The largest absolute Gasteiger partial charge is 0.354 e. The summed E-state index contributed by atoms with van der Waals surface area (Å²) in [6, 6.07) is 3.33. The number of hydrogen-bond donors (Lipinski definition) is 1. The van der Waals surface area contributed by atoms with E-state index in [2.05, 4.69) is 36.3 Å². The van der Waals surface area contributed by atoms with Crippen molar-refractivity contribution < 1.29 is 4.79 Å². The lowest BCUT2D eigenvalue weighted by Crippen LogP contribution is -2.18. The van der Waals surface area contributed by atoms with E-state index >= 15 is 0 Å². The Bertz CT molecular complexity index is 524. The molecule has 1 amide bonds. The van der Waals surface area contributed by atoms with Crippen LogP contribution in [0.25, 0.3) is 5.82 Å². The molecule has 0 aliphatic heterocycles. The normalized spacial score (nSPS) is 10.1. The predicted octanol–water partition coefficient (Wildman–Crippen LogP) is 0.784. The monoisotopic (exact) mass is 281 g/mol. The number of carbonyl (C=O) groups is 1. The molecule has 0 aromatic carbocycles. The Balaban J connectivity index is 2.35. The molecule has 0 aliphatic rings. The van der Waals surface area contributed by atoms with Gasteiger partial charge in [0.05, 0.1) is 0 Å². The van der Waals surface area contributed by atoms with E-state index in [-0.39, 0.29) is 5.91 Å². The van der Waals surface area contributed by atoms with Crippen molar-refractivity contribution in [1.29, 1.82) is 0 Å². The molecule has 0 bridgehead atoms. The van der Waals surface area contributed by atoms with E-state index < -0.39 is 0 Å². The first-order chi connectivity index (χ1) is 7.70. The van der Waals surface area contributed by atoms with Gasteiger partial charge in [0.1, 0.15) is 10.9 Å². The molecule has 0 saturated heterocycles. The van der Waals surface area contributed by atoms with E-state index in [4.69, 9.17) is 0 Å². The van der Waals surface area contributed by atoms with E-state index in [1.165, 1.54) is 11.0 Å². The van der Waals surface area contributed by atoms with Crippen molar-refractivity contribution in [2.24, 2.45) is 0 Å². The molecule has 0 radical (unpaired) electrons. The molecule has 7 heteroatoms. The average molecular weight is 282 g/mol. The van der Waals surface area contributed by atoms with Gasteiger partial charge >= 0.3 is 0 Å². The van der Waals surface area contributed by atoms with Crippen LogP contribution in [-0.2, 0) is 0 Å². The van der Waals surface area contributed by atoms with E-state index in [1.807, 2.05) is 0 Å². The summed E-state index contributed by atoms with van der Waals surface area (Å²) in [5, 5.41) is 6.59. The lowest BCUT2D eigenvalue weighted by atomic mass is 10.4. The van der Waals surface area contributed by atoms with E-state index in [0.717, 1.165) is 0 Å². The van der Waals surface area contributed by atoms with Gasteiger partial charge in [0.25, 0.3) is 5.91 Å². The number of halogens is 1. The highest BCUT2D eigenvalue weighted by Crippen LogP contribution is 2.09. The van der Waals surface area contributed by atoms with Crippen LogP contribution >= 0.6 is 15.9 Å². The second kappa shape index (κ2) is 4.40. The van der Waals surface area contributed by atoms with E-state index in [0.29, 0.717) is 16.1 Å². The fourth-order valence-electron chi connectivity index (χ4n) is 1.15. The van der Waals surface area contributed by atoms with Crippen LogP contribution < -0.4 is 5.32 Å². The highest BCUT2D eigenvalue weighted by atomic mass is 79.9. The Morgan fingerprint density at radius 3 is 3.00 bits per heavy atom. The number of carbonyl (C=O) groups excluding carboxylic acids is 1. The van der Waals surface area contributed by atoms with Gasteiger partial charge < -0.3 is 5.32 Å². The van der Waals surface area contributed by atoms with Gasteiger partial charge in [0, 0.05) is 19.3 Å². The highest BCUT2D eigenvalue weighted by molar-refractivity contribution is 9.10. The van der Waals surface area contributed by atoms with Gasteiger partial charge in [-0.15, -0.1) is 0 Å². The molecule has 2 heterocycles.